The molecule has 8 heteroatoms. The minimum absolute atomic E-state index is 0.332. The van der Waals surface area contributed by atoms with Crippen LogP contribution in [0.25, 0.3) is 17.0 Å². The van der Waals surface area contributed by atoms with Gasteiger partial charge in [-0.1, -0.05) is 13.8 Å². The van der Waals surface area contributed by atoms with Gasteiger partial charge in [-0.05, 0) is 42.9 Å². The fourth-order valence-electron chi connectivity index (χ4n) is 3.99. The van der Waals surface area contributed by atoms with E-state index >= 15 is 0 Å². The quantitative estimate of drug-likeness (QED) is 0.547. The lowest BCUT2D eigenvalue weighted by molar-refractivity contribution is 0.739. The van der Waals surface area contributed by atoms with Gasteiger partial charge in [-0.15, -0.1) is 10.2 Å². The Balaban J connectivity index is 1.53. The lowest BCUT2D eigenvalue weighted by Gasteiger charge is -2.10. The lowest BCUT2D eigenvalue weighted by Crippen LogP contribution is -2.04. The van der Waals surface area contributed by atoms with Crippen LogP contribution in [0.4, 0.5) is 0 Å². The van der Waals surface area contributed by atoms with E-state index in [1.807, 2.05) is 41.1 Å². The van der Waals surface area contributed by atoms with Crippen LogP contribution in [0.3, 0.4) is 0 Å². The van der Waals surface area contributed by atoms with Crippen molar-refractivity contribution in [1.29, 1.82) is 0 Å². The molecule has 1 aliphatic rings. The van der Waals surface area contributed by atoms with Gasteiger partial charge in [-0.2, -0.15) is 19.8 Å². The van der Waals surface area contributed by atoms with E-state index in [1.54, 1.807) is 0 Å². The number of hydrogen-bond acceptors (Lipinski definition) is 5. The molecule has 0 N–H and O–H groups in total. The summed E-state index contributed by atoms with van der Waals surface area (Å²) in [5.74, 6) is 2.09. The van der Waals surface area contributed by atoms with Gasteiger partial charge < -0.3 is 0 Å². The smallest absolute Gasteiger partial charge is 0.181 e. The number of rotatable bonds is 4. The first-order valence-electron chi connectivity index (χ1n) is 9.68. The molecule has 0 amide bonds. The van der Waals surface area contributed by atoms with Crippen molar-refractivity contribution in [1.82, 2.24) is 39.4 Å². The Morgan fingerprint density at radius 1 is 1.07 bits per heavy atom. The van der Waals surface area contributed by atoms with Crippen LogP contribution in [0.1, 0.15) is 60.7 Å². The van der Waals surface area contributed by atoms with Crippen LogP contribution in [0.15, 0.2) is 24.5 Å². The molecule has 28 heavy (non-hydrogen) atoms. The molecule has 0 spiro atoms. The normalized spacial score (nSPS) is 19.1. The van der Waals surface area contributed by atoms with Crippen molar-refractivity contribution in [2.24, 2.45) is 14.1 Å². The van der Waals surface area contributed by atoms with Crippen molar-refractivity contribution < 1.29 is 0 Å². The monoisotopic (exact) mass is 376 g/mol. The van der Waals surface area contributed by atoms with Gasteiger partial charge >= 0.3 is 0 Å². The molecule has 144 valence electrons. The molecular weight excluding hydrogens is 352 g/mol. The second-order valence-electron chi connectivity index (χ2n) is 8.10. The van der Waals surface area contributed by atoms with E-state index in [1.165, 1.54) is 5.56 Å². The molecule has 2 unspecified atom stereocenters. The van der Waals surface area contributed by atoms with Gasteiger partial charge in [-0.3, -0.25) is 9.36 Å². The summed E-state index contributed by atoms with van der Waals surface area (Å²) >= 11 is 0. The highest BCUT2D eigenvalue weighted by Crippen LogP contribution is 2.54. The minimum atomic E-state index is 0.332. The molecule has 0 saturated heterocycles. The summed E-state index contributed by atoms with van der Waals surface area (Å²) < 4.78 is 5.64. The highest BCUT2D eigenvalue weighted by Gasteiger charge is 2.42. The van der Waals surface area contributed by atoms with Crippen molar-refractivity contribution in [3.63, 3.8) is 0 Å². The molecule has 1 saturated carbocycles. The zero-order chi connectivity index (χ0) is 19.6. The van der Waals surface area contributed by atoms with Gasteiger partial charge in [0, 0.05) is 31.8 Å². The predicted molar refractivity (Wildman–Crippen MR) is 105 cm³/mol. The highest BCUT2D eigenvalue weighted by molar-refractivity contribution is 5.61. The number of fused-ring (bicyclic) bond motifs is 1. The molecule has 2 atom stereocenters. The summed E-state index contributed by atoms with van der Waals surface area (Å²) in [5, 5.41) is 22.4. The van der Waals surface area contributed by atoms with Crippen molar-refractivity contribution in [3.8, 4) is 11.4 Å². The van der Waals surface area contributed by atoms with E-state index in [2.05, 4.69) is 47.5 Å². The van der Waals surface area contributed by atoms with Crippen LogP contribution in [-0.4, -0.2) is 39.4 Å². The first-order chi connectivity index (χ1) is 13.4. The zero-order valence-electron chi connectivity index (χ0n) is 16.8. The molecule has 5 rings (SSSR count). The van der Waals surface area contributed by atoms with Crippen LogP contribution in [0.5, 0.6) is 0 Å². The summed E-state index contributed by atoms with van der Waals surface area (Å²) in [6.45, 7) is 6.26. The van der Waals surface area contributed by atoms with Crippen LogP contribution >= 0.6 is 0 Å². The standard InChI is InChI=1S/C20H24N8/c1-11(2)14-7-18(25-28-12(3)22-23-20(14)28)19-8-17(24-27(19)5)16-6-15(16)13-9-21-26(4)10-13/h7-11,15-16H,6H2,1-5H3. The van der Waals surface area contributed by atoms with Gasteiger partial charge in [-0.25, -0.2) is 0 Å². The zero-order valence-corrected chi connectivity index (χ0v) is 16.8. The van der Waals surface area contributed by atoms with E-state index in [0.29, 0.717) is 17.8 Å². The first kappa shape index (κ1) is 17.1. The molecule has 4 heterocycles. The molecule has 0 radical (unpaired) electrons. The molecule has 1 fully saturated rings. The molecular formula is C20H24N8. The number of nitrogens with zero attached hydrogens (tertiary/aromatic N) is 8. The SMILES string of the molecule is Cc1nnc2c(C(C)C)cc(-c3cc(C4CC4c4cnn(C)c4)nn3C)nn12. The van der Waals surface area contributed by atoms with Crippen molar-refractivity contribution >= 4 is 5.65 Å². The second kappa shape index (κ2) is 5.98. The van der Waals surface area contributed by atoms with Crippen molar-refractivity contribution in [3.05, 3.63) is 47.2 Å². The molecule has 0 bridgehead atoms. The minimum Gasteiger partial charge on any atom is -0.276 e. The second-order valence-corrected chi connectivity index (χ2v) is 8.10. The summed E-state index contributed by atoms with van der Waals surface area (Å²) in [6.07, 6.45) is 5.19. The van der Waals surface area contributed by atoms with Crippen LogP contribution in [0.2, 0.25) is 0 Å². The third-order valence-electron chi connectivity index (χ3n) is 5.66. The summed E-state index contributed by atoms with van der Waals surface area (Å²) in [7, 11) is 3.95. The maximum absolute atomic E-state index is 4.81. The molecule has 4 aromatic heterocycles. The Hall–Kier alpha value is -3.03. The van der Waals surface area contributed by atoms with Gasteiger partial charge in [0.15, 0.2) is 11.5 Å². The first-order valence-corrected chi connectivity index (χ1v) is 9.68. The summed E-state index contributed by atoms with van der Waals surface area (Å²) in [4.78, 5) is 0. The Morgan fingerprint density at radius 3 is 2.61 bits per heavy atom. The van der Waals surface area contributed by atoms with Crippen LogP contribution < -0.4 is 0 Å². The van der Waals surface area contributed by atoms with Gasteiger partial charge in [0.25, 0.3) is 0 Å². The lowest BCUT2D eigenvalue weighted by atomic mass is 10.0. The Bertz CT molecular complexity index is 1180. The Labute approximate surface area is 163 Å². The summed E-state index contributed by atoms with van der Waals surface area (Å²) in [5.41, 5.74) is 6.31. The third-order valence-corrected chi connectivity index (χ3v) is 5.66. The average molecular weight is 376 g/mol. The van der Waals surface area contributed by atoms with Gasteiger partial charge in [0.05, 0.1) is 17.6 Å². The fourth-order valence-corrected chi connectivity index (χ4v) is 3.99. The third kappa shape index (κ3) is 2.63. The van der Waals surface area contributed by atoms with E-state index in [9.17, 15) is 0 Å². The number of hydrogen-bond donors (Lipinski definition) is 0. The molecule has 8 nitrogen and oxygen atoms in total. The van der Waals surface area contributed by atoms with Crippen LogP contribution in [0, 0.1) is 6.92 Å². The maximum Gasteiger partial charge on any atom is 0.181 e. The average Bonchev–Trinajstić information content (AvgIpc) is 2.95. The number of aromatic nitrogens is 8. The Kier molecular flexibility index (Phi) is 3.65. The van der Waals surface area contributed by atoms with E-state index in [-0.39, 0.29) is 0 Å². The van der Waals surface area contributed by atoms with E-state index in [0.717, 1.165) is 40.5 Å². The number of aryl methyl sites for hydroxylation is 3. The molecule has 0 aliphatic heterocycles. The van der Waals surface area contributed by atoms with Crippen molar-refractivity contribution in [2.45, 2.75) is 44.9 Å². The molecule has 4 aromatic rings. The summed E-state index contributed by atoms with van der Waals surface area (Å²) in [6, 6.07) is 4.30. The molecule has 1 aliphatic carbocycles. The molecule has 0 aromatic carbocycles. The van der Waals surface area contributed by atoms with Crippen LogP contribution in [-0.2, 0) is 14.1 Å². The van der Waals surface area contributed by atoms with E-state index < -0.39 is 0 Å². The predicted octanol–water partition coefficient (Wildman–Crippen LogP) is 2.96. The highest BCUT2D eigenvalue weighted by atomic mass is 15.4. The fraction of sp³-hybridized carbons (Fsp3) is 0.450. The van der Waals surface area contributed by atoms with Crippen molar-refractivity contribution in [2.75, 3.05) is 0 Å². The Morgan fingerprint density at radius 2 is 1.89 bits per heavy atom. The van der Waals surface area contributed by atoms with Gasteiger partial charge in [0.2, 0.25) is 0 Å². The van der Waals surface area contributed by atoms with Gasteiger partial charge in [0.1, 0.15) is 5.69 Å². The maximum atomic E-state index is 4.81. The van der Waals surface area contributed by atoms with E-state index in [4.69, 9.17) is 10.2 Å². The topological polar surface area (TPSA) is 78.7 Å². The largest absolute Gasteiger partial charge is 0.276 e.